The molecule has 1 heterocycles. The van der Waals surface area contributed by atoms with E-state index in [4.69, 9.17) is 44.0 Å². The molecular weight excluding hydrogens is 511 g/mol. The Hall–Kier alpha value is -1.56. The molecule has 0 radical (unpaired) electrons. The summed E-state index contributed by atoms with van der Waals surface area (Å²) >= 11 is 20.9. The van der Waals surface area contributed by atoms with Gasteiger partial charge in [-0.3, -0.25) is 9.59 Å². The summed E-state index contributed by atoms with van der Waals surface area (Å²) in [5.41, 5.74) is -1.81. The Morgan fingerprint density at radius 3 is 2.66 bits per heavy atom. The Bertz CT molecular complexity index is 1140. The number of rotatable bonds is 4. The maximum Gasteiger partial charge on any atom is 0.375 e. The van der Waals surface area contributed by atoms with Gasteiger partial charge in [-0.2, -0.15) is 0 Å². The quantitative estimate of drug-likeness (QED) is 0.341. The fourth-order valence-electron chi connectivity index (χ4n) is 8.02. The van der Waals surface area contributed by atoms with Crippen molar-refractivity contribution < 1.29 is 23.5 Å². The van der Waals surface area contributed by atoms with E-state index in [0.717, 1.165) is 18.4 Å². The number of allylic oxidation sites excluding steroid dienone is 4. The number of alkyl halides is 3. The number of furan rings is 1. The molecule has 8 heteroatoms. The van der Waals surface area contributed by atoms with Gasteiger partial charge in [0.05, 0.1) is 22.4 Å². The van der Waals surface area contributed by atoms with Crippen LogP contribution in [-0.2, 0) is 14.3 Å². The summed E-state index contributed by atoms with van der Waals surface area (Å²) in [6.07, 6.45) is 9.04. The number of ketones is 2. The standard InChI is InChI=1S/C27H29Cl3O5/c1-15-11-19-18-7-6-16-12-17(31)8-9-24(16,2)26(18,30)21(29)13-25(19,3)27(15,22(32)14-28)35-23(33)20-5-4-10-34-20/h4-5,8-10,12,15,18-19,21H,6-7,11,13-14H2,1-3H3/t15?,18-,19-,21?,24-,25-,26-,27-/m0/s1. The van der Waals surface area contributed by atoms with Crippen LogP contribution in [0.2, 0.25) is 0 Å². The summed E-state index contributed by atoms with van der Waals surface area (Å²) in [5, 5.41) is -0.544. The zero-order valence-electron chi connectivity index (χ0n) is 20.0. The van der Waals surface area contributed by atoms with Gasteiger partial charge in [-0.15, -0.1) is 34.8 Å². The Morgan fingerprint density at radius 2 is 2.00 bits per heavy atom. The van der Waals surface area contributed by atoms with Gasteiger partial charge in [0.2, 0.25) is 5.76 Å². The van der Waals surface area contributed by atoms with Crippen LogP contribution in [0.15, 0.2) is 46.6 Å². The third kappa shape index (κ3) is 3.10. The van der Waals surface area contributed by atoms with Crippen molar-refractivity contribution >= 4 is 52.3 Å². The van der Waals surface area contributed by atoms with Crippen molar-refractivity contribution in [3.63, 3.8) is 0 Å². The normalized spacial score (nSPS) is 44.2. The average Bonchev–Trinajstić information content (AvgIpc) is 3.42. The van der Waals surface area contributed by atoms with Crippen LogP contribution in [0, 0.1) is 28.6 Å². The molecule has 1 aromatic heterocycles. The minimum Gasteiger partial charge on any atom is -0.457 e. The number of halogens is 3. The topological polar surface area (TPSA) is 73.6 Å². The molecular formula is C27H29Cl3O5. The Kier molecular flexibility index (Phi) is 5.90. The molecule has 0 aromatic carbocycles. The summed E-state index contributed by atoms with van der Waals surface area (Å²) in [6, 6.07) is 3.12. The van der Waals surface area contributed by atoms with Crippen LogP contribution in [0.5, 0.6) is 0 Å². The highest BCUT2D eigenvalue weighted by molar-refractivity contribution is 6.34. The second-order valence-electron chi connectivity index (χ2n) is 11.0. The first kappa shape index (κ1) is 25.1. The number of fused-ring (bicyclic) bond motifs is 5. The van der Waals surface area contributed by atoms with E-state index in [2.05, 4.69) is 6.92 Å². The van der Waals surface area contributed by atoms with Crippen molar-refractivity contribution in [3.05, 3.63) is 48.0 Å². The molecule has 5 rings (SSSR count). The van der Waals surface area contributed by atoms with Gasteiger partial charge in [-0.1, -0.05) is 32.4 Å². The van der Waals surface area contributed by atoms with Crippen LogP contribution in [-0.4, -0.2) is 39.3 Å². The first-order valence-electron chi connectivity index (χ1n) is 12.1. The van der Waals surface area contributed by atoms with Gasteiger partial charge in [0.1, 0.15) is 0 Å². The molecule has 4 aliphatic carbocycles. The second kappa shape index (κ2) is 8.22. The summed E-state index contributed by atoms with van der Waals surface area (Å²) in [7, 11) is 0. The molecule has 2 unspecified atom stereocenters. The van der Waals surface area contributed by atoms with Gasteiger partial charge in [-0.25, -0.2) is 4.79 Å². The van der Waals surface area contributed by atoms with Gasteiger partial charge in [0.25, 0.3) is 0 Å². The predicted octanol–water partition coefficient (Wildman–Crippen LogP) is 6.12. The number of carbonyl (C=O) groups is 3. The summed E-state index contributed by atoms with van der Waals surface area (Å²) < 4.78 is 11.4. The molecule has 0 amide bonds. The number of Topliss-reactive ketones (excluding diaryl/α,β-unsaturated/α-hetero) is 1. The smallest absolute Gasteiger partial charge is 0.375 e. The number of hydrogen-bond donors (Lipinski definition) is 0. The fourth-order valence-corrected chi connectivity index (χ4v) is 9.45. The molecule has 0 N–H and O–H groups in total. The molecule has 1 aromatic rings. The van der Waals surface area contributed by atoms with Crippen molar-refractivity contribution in [2.75, 3.05) is 5.88 Å². The maximum atomic E-state index is 13.6. The number of esters is 1. The highest BCUT2D eigenvalue weighted by Gasteiger charge is 2.76. The monoisotopic (exact) mass is 538 g/mol. The number of carbonyl (C=O) groups excluding carboxylic acids is 3. The maximum absolute atomic E-state index is 13.6. The van der Waals surface area contributed by atoms with Crippen LogP contribution in [0.25, 0.3) is 0 Å². The second-order valence-corrected chi connectivity index (χ2v) is 12.4. The van der Waals surface area contributed by atoms with E-state index in [1.807, 2.05) is 19.9 Å². The van der Waals surface area contributed by atoms with Crippen LogP contribution < -0.4 is 0 Å². The molecule has 0 aliphatic heterocycles. The highest BCUT2D eigenvalue weighted by atomic mass is 35.5. The molecule has 8 atom stereocenters. The molecule has 5 nitrogen and oxygen atoms in total. The van der Waals surface area contributed by atoms with E-state index in [9.17, 15) is 14.4 Å². The number of hydrogen-bond acceptors (Lipinski definition) is 5. The SMILES string of the molecule is CC1C[C@H]2[C@@H]3CCC4=CC(=O)C=C[C@]4(C)[C@@]3(Cl)C(Cl)C[C@]2(C)[C@@]1(OC(=O)c1ccco1)C(=O)CCl. The minimum atomic E-state index is -1.45. The predicted molar refractivity (Wildman–Crippen MR) is 134 cm³/mol. The summed E-state index contributed by atoms with van der Waals surface area (Å²) in [4.78, 5) is 38.0. The Labute approximate surface area is 220 Å². The Balaban J connectivity index is 1.61. The van der Waals surface area contributed by atoms with E-state index in [1.54, 1.807) is 18.2 Å². The van der Waals surface area contributed by atoms with Crippen molar-refractivity contribution in [1.29, 1.82) is 0 Å². The third-order valence-corrected chi connectivity index (χ3v) is 11.4. The first-order valence-corrected chi connectivity index (χ1v) is 13.4. The molecule has 3 saturated carbocycles. The lowest BCUT2D eigenvalue weighted by molar-refractivity contribution is -0.164. The fraction of sp³-hybridized carbons (Fsp3) is 0.593. The summed E-state index contributed by atoms with van der Waals surface area (Å²) in [5.74, 6) is -1.68. The van der Waals surface area contributed by atoms with E-state index in [-0.39, 0.29) is 41.0 Å². The van der Waals surface area contributed by atoms with Crippen molar-refractivity contribution in [2.24, 2.45) is 28.6 Å². The highest BCUT2D eigenvalue weighted by Crippen LogP contribution is 2.73. The van der Waals surface area contributed by atoms with Crippen LogP contribution >= 0.6 is 34.8 Å². The van der Waals surface area contributed by atoms with E-state index in [0.29, 0.717) is 12.8 Å². The van der Waals surface area contributed by atoms with E-state index in [1.165, 1.54) is 12.3 Å². The van der Waals surface area contributed by atoms with Crippen LogP contribution in [0.3, 0.4) is 0 Å². The van der Waals surface area contributed by atoms with Crippen molar-refractivity contribution in [3.8, 4) is 0 Å². The molecule has 0 spiro atoms. The molecule has 0 saturated heterocycles. The van der Waals surface area contributed by atoms with Crippen LogP contribution in [0.1, 0.15) is 57.0 Å². The van der Waals surface area contributed by atoms with Gasteiger partial charge < -0.3 is 9.15 Å². The molecule has 188 valence electrons. The van der Waals surface area contributed by atoms with Gasteiger partial charge in [-0.05, 0) is 61.8 Å². The molecule has 3 fully saturated rings. The average molecular weight is 540 g/mol. The van der Waals surface area contributed by atoms with Gasteiger partial charge >= 0.3 is 5.97 Å². The lowest BCUT2D eigenvalue weighted by Crippen LogP contribution is -2.68. The Morgan fingerprint density at radius 1 is 1.26 bits per heavy atom. The molecule has 35 heavy (non-hydrogen) atoms. The van der Waals surface area contributed by atoms with Crippen molar-refractivity contribution in [2.45, 2.75) is 62.3 Å². The first-order chi connectivity index (χ1) is 16.5. The van der Waals surface area contributed by atoms with Crippen LogP contribution in [0.4, 0.5) is 0 Å². The third-order valence-electron chi connectivity index (χ3n) is 9.65. The zero-order chi connectivity index (χ0) is 25.4. The van der Waals surface area contributed by atoms with Crippen molar-refractivity contribution in [1.82, 2.24) is 0 Å². The molecule has 4 aliphatic rings. The van der Waals surface area contributed by atoms with Gasteiger partial charge in [0, 0.05) is 16.7 Å². The van der Waals surface area contributed by atoms with E-state index >= 15 is 0 Å². The van der Waals surface area contributed by atoms with Gasteiger partial charge in [0.15, 0.2) is 17.2 Å². The largest absolute Gasteiger partial charge is 0.457 e. The van der Waals surface area contributed by atoms with E-state index < -0.39 is 32.7 Å². The minimum absolute atomic E-state index is 0.0333. The number of ether oxygens (including phenoxy) is 1. The summed E-state index contributed by atoms with van der Waals surface area (Å²) in [6.45, 7) is 6.00. The zero-order valence-corrected chi connectivity index (χ0v) is 22.3. The lowest BCUT2D eigenvalue weighted by Gasteiger charge is -2.64. The molecule has 0 bridgehead atoms. The lowest BCUT2D eigenvalue weighted by atomic mass is 9.46.